The first kappa shape index (κ1) is 23.1. The maximum Gasteiger partial charge on any atom is 0.419 e. The van der Waals surface area contributed by atoms with Crippen molar-refractivity contribution in [2.45, 2.75) is 84.8 Å². The van der Waals surface area contributed by atoms with Crippen LogP contribution < -0.4 is 0 Å². The van der Waals surface area contributed by atoms with E-state index in [1.54, 1.807) is 11.1 Å². The molecule has 7 nitrogen and oxygen atoms in total. The maximum atomic E-state index is 13.0. The number of rotatable bonds is 2. The zero-order chi connectivity index (χ0) is 23.2. The number of hydrogen-bond donors (Lipinski definition) is 0. The fourth-order valence-electron chi connectivity index (χ4n) is 3.84. The van der Waals surface area contributed by atoms with Gasteiger partial charge in [0.05, 0.1) is 18.2 Å². The molecule has 0 unspecified atom stereocenters. The third-order valence-corrected chi connectivity index (χ3v) is 5.00. The normalized spacial score (nSPS) is 19.0. The first-order chi connectivity index (χ1) is 14.2. The van der Waals surface area contributed by atoms with Gasteiger partial charge in [-0.05, 0) is 73.4 Å². The number of hydrogen-bond acceptors (Lipinski definition) is 5. The summed E-state index contributed by atoms with van der Waals surface area (Å²) in [5, 5.41) is 0.946. The van der Waals surface area contributed by atoms with Crippen molar-refractivity contribution in [3.63, 3.8) is 0 Å². The summed E-state index contributed by atoms with van der Waals surface area (Å²) in [7, 11) is 0. The Balaban J connectivity index is 1.94. The van der Waals surface area contributed by atoms with Crippen molar-refractivity contribution in [3.8, 4) is 0 Å². The monoisotopic (exact) mass is 430 g/mol. The van der Waals surface area contributed by atoms with Crippen LogP contribution in [0, 0.1) is 0 Å². The molecule has 1 amide bonds. The molecule has 1 fully saturated rings. The SMILES string of the molecule is CC(C)(C)OC(=O)N1[C@H](Cc2cn(C(=O)OC(C)(C)C)c3ccccc23)COC1(C)C. The average molecular weight is 431 g/mol. The lowest BCUT2D eigenvalue weighted by atomic mass is 10.0. The molecule has 31 heavy (non-hydrogen) atoms. The molecular formula is C24H34N2O5. The average Bonchev–Trinajstić information content (AvgIpc) is 3.10. The highest BCUT2D eigenvalue weighted by Crippen LogP contribution is 2.33. The molecule has 170 valence electrons. The van der Waals surface area contributed by atoms with Crippen LogP contribution in [-0.2, 0) is 20.6 Å². The van der Waals surface area contributed by atoms with Gasteiger partial charge in [-0.25, -0.2) is 9.59 Å². The number of carbonyl (C=O) groups excluding carboxylic acids is 2. The van der Waals surface area contributed by atoms with Crippen LogP contribution in [0.2, 0.25) is 0 Å². The largest absolute Gasteiger partial charge is 0.444 e. The minimum Gasteiger partial charge on any atom is -0.444 e. The van der Waals surface area contributed by atoms with E-state index in [1.807, 2.05) is 79.7 Å². The first-order valence-electron chi connectivity index (χ1n) is 10.7. The van der Waals surface area contributed by atoms with E-state index in [0.29, 0.717) is 13.0 Å². The number of carbonyl (C=O) groups is 2. The molecule has 1 saturated heterocycles. The van der Waals surface area contributed by atoms with Crippen molar-refractivity contribution in [1.29, 1.82) is 0 Å². The van der Waals surface area contributed by atoms with Crippen molar-refractivity contribution in [2.75, 3.05) is 6.61 Å². The van der Waals surface area contributed by atoms with Crippen LogP contribution in [0.5, 0.6) is 0 Å². The minimum atomic E-state index is -0.781. The second kappa shape index (κ2) is 7.86. The van der Waals surface area contributed by atoms with E-state index in [-0.39, 0.29) is 6.04 Å². The van der Waals surface area contributed by atoms with Crippen LogP contribution in [-0.4, -0.2) is 51.2 Å². The molecule has 1 aromatic carbocycles. The first-order valence-corrected chi connectivity index (χ1v) is 10.7. The van der Waals surface area contributed by atoms with E-state index in [0.717, 1.165) is 16.5 Å². The Kier molecular flexibility index (Phi) is 5.86. The Morgan fingerprint density at radius 1 is 1.03 bits per heavy atom. The predicted octanol–water partition coefficient (Wildman–Crippen LogP) is 5.34. The highest BCUT2D eigenvalue weighted by molar-refractivity contribution is 5.92. The Morgan fingerprint density at radius 2 is 1.61 bits per heavy atom. The third kappa shape index (κ3) is 5.21. The Hall–Kier alpha value is -2.54. The van der Waals surface area contributed by atoms with Gasteiger partial charge in [-0.15, -0.1) is 0 Å². The molecule has 0 saturated carbocycles. The second-order valence-corrected chi connectivity index (χ2v) is 10.5. The highest BCUT2D eigenvalue weighted by atomic mass is 16.6. The van der Waals surface area contributed by atoms with Crippen LogP contribution in [0.4, 0.5) is 9.59 Å². The summed E-state index contributed by atoms with van der Waals surface area (Å²) in [6.45, 7) is 15.2. The quantitative estimate of drug-likeness (QED) is 0.643. The van der Waals surface area contributed by atoms with Crippen molar-refractivity contribution >= 4 is 23.1 Å². The standard InChI is InChI=1S/C24H34N2O5/c1-22(2,3)30-20(27)25-14-16(18-11-9-10-12-19(18)25)13-17-15-29-24(7,8)26(17)21(28)31-23(4,5)6/h9-12,14,17H,13,15H2,1-8H3/t17-/m1/s1. The smallest absolute Gasteiger partial charge is 0.419 e. The zero-order valence-electron chi connectivity index (χ0n) is 19.8. The summed E-state index contributed by atoms with van der Waals surface area (Å²) in [6, 6.07) is 7.48. The second-order valence-electron chi connectivity index (χ2n) is 10.5. The summed E-state index contributed by atoms with van der Waals surface area (Å²) in [5.74, 6) is 0. The van der Waals surface area contributed by atoms with Crippen molar-refractivity contribution in [3.05, 3.63) is 36.0 Å². The molecule has 2 aromatic rings. The maximum absolute atomic E-state index is 13.0. The van der Waals surface area contributed by atoms with Crippen LogP contribution in [0.25, 0.3) is 10.9 Å². The number of ether oxygens (including phenoxy) is 3. The lowest BCUT2D eigenvalue weighted by molar-refractivity contribution is -0.0624. The van der Waals surface area contributed by atoms with E-state index in [9.17, 15) is 9.59 Å². The van der Waals surface area contributed by atoms with E-state index < -0.39 is 29.1 Å². The van der Waals surface area contributed by atoms with Crippen molar-refractivity contribution < 1.29 is 23.8 Å². The van der Waals surface area contributed by atoms with Gasteiger partial charge in [-0.1, -0.05) is 18.2 Å². The van der Waals surface area contributed by atoms with E-state index in [4.69, 9.17) is 14.2 Å². The summed E-state index contributed by atoms with van der Waals surface area (Å²) in [6.07, 6.45) is 1.49. The number of aromatic nitrogens is 1. The number of nitrogens with zero attached hydrogens (tertiary/aromatic N) is 2. The van der Waals surface area contributed by atoms with Gasteiger partial charge in [0, 0.05) is 11.6 Å². The zero-order valence-corrected chi connectivity index (χ0v) is 19.8. The molecule has 1 aromatic heterocycles. The molecule has 1 aliphatic rings. The molecule has 3 rings (SSSR count). The van der Waals surface area contributed by atoms with Gasteiger partial charge in [0.15, 0.2) is 0 Å². The lowest BCUT2D eigenvalue weighted by Crippen LogP contribution is -2.50. The van der Waals surface area contributed by atoms with Crippen LogP contribution in [0.3, 0.4) is 0 Å². The van der Waals surface area contributed by atoms with Crippen LogP contribution in [0.15, 0.2) is 30.5 Å². The van der Waals surface area contributed by atoms with Gasteiger partial charge in [0.1, 0.15) is 16.9 Å². The van der Waals surface area contributed by atoms with Gasteiger partial charge in [-0.2, -0.15) is 0 Å². The van der Waals surface area contributed by atoms with Gasteiger partial charge in [0.2, 0.25) is 0 Å². The Bertz CT molecular complexity index is 978. The highest BCUT2D eigenvalue weighted by Gasteiger charge is 2.45. The summed E-state index contributed by atoms with van der Waals surface area (Å²) in [4.78, 5) is 27.4. The van der Waals surface area contributed by atoms with Crippen LogP contribution in [0.1, 0.15) is 61.0 Å². The Labute approximate surface area is 184 Å². The molecule has 7 heteroatoms. The molecular weight excluding hydrogens is 396 g/mol. The predicted molar refractivity (Wildman–Crippen MR) is 119 cm³/mol. The lowest BCUT2D eigenvalue weighted by Gasteiger charge is -2.35. The molecule has 0 spiro atoms. The van der Waals surface area contributed by atoms with E-state index >= 15 is 0 Å². The number of benzene rings is 1. The number of amides is 1. The summed E-state index contributed by atoms with van der Waals surface area (Å²) in [5.41, 5.74) is -0.265. The fourth-order valence-corrected chi connectivity index (χ4v) is 3.84. The topological polar surface area (TPSA) is 70.0 Å². The minimum absolute atomic E-state index is 0.220. The van der Waals surface area contributed by atoms with Crippen LogP contribution >= 0.6 is 0 Å². The van der Waals surface area contributed by atoms with Gasteiger partial charge >= 0.3 is 12.2 Å². The van der Waals surface area contributed by atoms with Gasteiger partial charge in [0.25, 0.3) is 0 Å². The molecule has 1 aliphatic heterocycles. The van der Waals surface area contributed by atoms with E-state index in [1.165, 1.54) is 4.57 Å². The molecule has 0 aliphatic carbocycles. The summed E-state index contributed by atoms with van der Waals surface area (Å²) < 4.78 is 18.7. The van der Waals surface area contributed by atoms with Crippen molar-refractivity contribution in [1.82, 2.24) is 9.47 Å². The molecule has 0 radical (unpaired) electrons. The Morgan fingerprint density at radius 3 is 2.23 bits per heavy atom. The van der Waals surface area contributed by atoms with E-state index in [2.05, 4.69) is 0 Å². The molecule has 1 atom stereocenters. The molecule has 2 heterocycles. The fraction of sp³-hybridized carbons (Fsp3) is 0.583. The molecule has 0 bridgehead atoms. The van der Waals surface area contributed by atoms with Crippen molar-refractivity contribution in [2.24, 2.45) is 0 Å². The summed E-state index contributed by atoms with van der Waals surface area (Å²) >= 11 is 0. The third-order valence-electron chi connectivity index (χ3n) is 5.00. The van der Waals surface area contributed by atoms with Gasteiger partial charge in [-0.3, -0.25) is 9.47 Å². The number of fused-ring (bicyclic) bond motifs is 1. The molecule has 0 N–H and O–H groups in total. The van der Waals surface area contributed by atoms with Gasteiger partial charge < -0.3 is 14.2 Å². The number of para-hydroxylation sites is 1.